The van der Waals surface area contributed by atoms with Gasteiger partial charge in [-0.05, 0) is 25.0 Å². The van der Waals surface area contributed by atoms with Crippen molar-refractivity contribution in [2.75, 3.05) is 11.9 Å². The molecular weight excluding hydrogens is 332 g/mol. The zero-order valence-corrected chi connectivity index (χ0v) is 15.0. The zero-order valence-electron chi connectivity index (χ0n) is 15.0. The monoisotopic (exact) mass is 356 g/mol. The molecule has 1 unspecified atom stereocenters. The van der Waals surface area contributed by atoms with Crippen LogP contribution < -0.4 is 5.32 Å². The van der Waals surface area contributed by atoms with Gasteiger partial charge in [0.05, 0.1) is 11.5 Å². The Bertz CT molecular complexity index is 815. The third-order valence-corrected chi connectivity index (χ3v) is 7.88. The number of para-hydroxylation sites is 1. The maximum atomic E-state index is 12.1. The van der Waals surface area contributed by atoms with Gasteiger partial charge in [0.1, 0.15) is 12.3 Å². The Balaban J connectivity index is 1.62. The van der Waals surface area contributed by atoms with Crippen molar-refractivity contribution in [1.82, 2.24) is 4.90 Å². The van der Waals surface area contributed by atoms with Crippen LogP contribution in [0.1, 0.15) is 32.3 Å². The molecule has 1 saturated carbocycles. The van der Waals surface area contributed by atoms with E-state index in [0.717, 1.165) is 18.5 Å². The number of aliphatic hydroxyl groups excluding tert-OH is 1. The highest BCUT2D eigenvalue weighted by atomic mass is 16.6. The molecule has 6 rings (SSSR count). The lowest BCUT2D eigenvalue weighted by Gasteiger charge is -2.63. The average Bonchev–Trinajstić information content (AvgIpc) is 3.20. The van der Waals surface area contributed by atoms with Crippen LogP contribution in [-0.2, 0) is 19.7 Å². The fraction of sp³-hybridized carbons (Fsp3) is 0.650. The van der Waals surface area contributed by atoms with Crippen LogP contribution >= 0.6 is 0 Å². The molecule has 138 valence electrons. The van der Waals surface area contributed by atoms with E-state index in [-0.39, 0.29) is 54.2 Å². The minimum atomic E-state index is -0.535. The number of hydrogen-bond donors (Lipinski definition) is 2. The SMILES string of the molecule is CC(=O)O[C@@H]1[C@H]2C[C@@H]3N([C@@H]4C[C@]15c1ccccc1N[C@]35O4)[C@@H](C)C2CO. The van der Waals surface area contributed by atoms with Gasteiger partial charge in [0.2, 0.25) is 0 Å². The summed E-state index contributed by atoms with van der Waals surface area (Å²) in [6, 6.07) is 8.78. The molecule has 8 atom stereocenters. The van der Waals surface area contributed by atoms with Crippen molar-refractivity contribution in [2.24, 2.45) is 11.8 Å². The number of carbonyl (C=O) groups is 1. The van der Waals surface area contributed by atoms with E-state index in [0.29, 0.717) is 0 Å². The largest absolute Gasteiger partial charge is 0.461 e. The molecule has 0 amide bonds. The number of carbonyl (C=O) groups excluding carboxylic acids is 1. The van der Waals surface area contributed by atoms with Crippen molar-refractivity contribution in [3.05, 3.63) is 29.8 Å². The molecular formula is C20H24N2O4. The Morgan fingerprint density at radius 3 is 3.04 bits per heavy atom. The Hall–Kier alpha value is -1.63. The Morgan fingerprint density at radius 2 is 2.27 bits per heavy atom. The third-order valence-electron chi connectivity index (χ3n) is 7.88. The van der Waals surface area contributed by atoms with E-state index >= 15 is 0 Å². The number of nitrogens with zero attached hydrogens (tertiary/aromatic N) is 1. The summed E-state index contributed by atoms with van der Waals surface area (Å²) in [5, 5.41) is 13.9. The Labute approximate surface area is 152 Å². The summed E-state index contributed by atoms with van der Waals surface area (Å²) in [6.07, 6.45) is 1.43. The molecule has 4 bridgehead atoms. The maximum absolute atomic E-state index is 12.1. The topological polar surface area (TPSA) is 71.0 Å². The first-order valence-corrected chi connectivity index (χ1v) is 9.64. The van der Waals surface area contributed by atoms with Crippen LogP contribution in [0.5, 0.6) is 0 Å². The summed E-state index contributed by atoms with van der Waals surface area (Å²) >= 11 is 0. The predicted octanol–water partition coefficient (Wildman–Crippen LogP) is 1.44. The van der Waals surface area contributed by atoms with E-state index in [1.807, 2.05) is 6.07 Å². The molecule has 4 fully saturated rings. The molecule has 1 aromatic carbocycles. The Kier molecular flexibility index (Phi) is 2.74. The smallest absolute Gasteiger partial charge is 0.302 e. The summed E-state index contributed by atoms with van der Waals surface area (Å²) in [5.41, 5.74) is 1.38. The minimum absolute atomic E-state index is 0.00390. The average molecular weight is 356 g/mol. The molecule has 0 aromatic heterocycles. The molecule has 0 radical (unpaired) electrons. The summed E-state index contributed by atoms with van der Waals surface area (Å²) in [4.78, 5) is 14.6. The van der Waals surface area contributed by atoms with Crippen LogP contribution in [0.2, 0.25) is 0 Å². The van der Waals surface area contributed by atoms with Gasteiger partial charge in [-0.3, -0.25) is 9.69 Å². The molecule has 4 aliphatic heterocycles. The van der Waals surface area contributed by atoms with Gasteiger partial charge >= 0.3 is 5.97 Å². The highest BCUT2D eigenvalue weighted by molar-refractivity contribution is 5.70. The highest BCUT2D eigenvalue weighted by Crippen LogP contribution is 2.71. The van der Waals surface area contributed by atoms with E-state index in [1.165, 1.54) is 12.5 Å². The molecule has 3 saturated heterocycles. The van der Waals surface area contributed by atoms with Gasteiger partial charge in [0, 0.05) is 43.5 Å². The summed E-state index contributed by atoms with van der Waals surface area (Å²) in [7, 11) is 0. The van der Waals surface area contributed by atoms with Gasteiger partial charge in [-0.15, -0.1) is 0 Å². The van der Waals surface area contributed by atoms with Gasteiger partial charge in [-0.2, -0.15) is 0 Å². The first-order valence-electron chi connectivity index (χ1n) is 9.64. The van der Waals surface area contributed by atoms with Crippen molar-refractivity contribution >= 4 is 11.7 Å². The number of ether oxygens (including phenoxy) is 2. The molecule has 1 aliphatic carbocycles. The molecule has 5 aliphatic rings. The number of benzene rings is 1. The van der Waals surface area contributed by atoms with Crippen molar-refractivity contribution in [3.8, 4) is 0 Å². The van der Waals surface area contributed by atoms with E-state index in [4.69, 9.17) is 9.47 Å². The van der Waals surface area contributed by atoms with E-state index in [2.05, 4.69) is 35.3 Å². The van der Waals surface area contributed by atoms with Crippen molar-refractivity contribution in [3.63, 3.8) is 0 Å². The number of anilines is 1. The number of piperidine rings is 2. The van der Waals surface area contributed by atoms with Gasteiger partial charge in [0.15, 0.2) is 5.72 Å². The molecule has 1 spiro atoms. The van der Waals surface area contributed by atoms with Gasteiger partial charge in [0.25, 0.3) is 0 Å². The number of hydrogen-bond acceptors (Lipinski definition) is 6. The summed E-state index contributed by atoms with van der Waals surface area (Å²) in [6.45, 7) is 3.78. The van der Waals surface area contributed by atoms with Crippen LogP contribution in [0.25, 0.3) is 0 Å². The first kappa shape index (κ1) is 15.4. The summed E-state index contributed by atoms with van der Waals surface area (Å²) < 4.78 is 12.7. The van der Waals surface area contributed by atoms with Crippen LogP contribution in [-0.4, -0.2) is 52.7 Å². The maximum Gasteiger partial charge on any atom is 0.302 e. The second-order valence-corrected chi connectivity index (χ2v) is 8.63. The number of esters is 1. The van der Waals surface area contributed by atoms with Crippen LogP contribution in [0.4, 0.5) is 5.69 Å². The van der Waals surface area contributed by atoms with E-state index in [1.54, 1.807) is 0 Å². The fourth-order valence-electron chi connectivity index (χ4n) is 7.15. The lowest BCUT2D eigenvalue weighted by molar-refractivity contribution is -0.194. The van der Waals surface area contributed by atoms with Gasteiger partial charge < -0.3 is 19.9 Å². The number of rotatable bonds is 2. The molecule has 4 heterocycles. The quantitative estimate of drug-likeness (QED) is 0.782. The van der Waals surface area contributed by atoms with Gasteiger partial charge in [-0.1, -0.05) is 18.2 Å². The van der Waals surface area contributed by atoms with E-state index in [9.17, 15) is 9.90 Å². The van der Waals surface area contributed by atoms with Crippen molar-refractivity contribution in [1.29, 1.82) is 0 Å². The van der Waals surface area contributed by atoms with Crippen LogP contribution in [0.15, 0.2) is 24.3 Å². The fourth-order valence-corrected chi connectivity index (χ4v) is 7.15. The molecule has 26 heavy (non-hydrogen) atoms. The number of nitrogens with one attached hydrogen (secondary N) is 1. The van der Waals surface area contributed by atoms with Crippen molar-refractivity contribution < 1.29 is 19.4 Å². The zero-order chi connectivity index (χ0) is 17.8. The lowest BCUT2D eigenvalue weighted by Crippen LogP contribution is -2.77. The lowest BCUT2D eigenvalue weighted by atomic mass is 9.51. The van der Waals surface area contributed by atoms with Gasteiger partial charge in [-0.25, -0.2) is 0 Å². The standard InChI is InChI=1S/C20H24N2O4/c1-10-13(9-23)12-7-16-20-19(18(12)25-11(2)24,8-17(26-20)22(10)16)14-5-3-4-6-15(14)21-20/h3-6,10,12-13,16-18,21,23H,7-9H2,1-2H3/t10-,12-,13?,16-,17-,18+,19-,20-/m0/s1. The number of aliphatic hydroxyl groups is 1. The molecule has 6 heteroatoms. The molecule has 1 aromatic rings. The van der Waals surface area contributed by atoms with Crippen molar-refractivity contribution in [2.45, 2.75) is 62.2 Å². The number of fused-ring (bicyclic) bond motifs is 4. The van der Waals surface area contributed by atoms with E-state index < -0.39 is 5.72 Å². The third kappa shape index (κ3) is 1.40. The Morgan fingerprint density at radius 1 is 1.46 bits per heavy atom. The normalized spacial score (nSPS) is 49.7. The first-order chi connectivity index (χ1) is 12.5. The summed E-state index contributed by atoms with van der Waals surface area (Å²) in [5.74, 6) is -0.0245. The predicted molar refractivity (Wildman–Crippen MR) is 93.3 cm³/mol. The van der Waals surface area contributed by atoms with Crippen LogP contribution in [0.3, 0.4) is 0 Å². The highest BCUT2D eigenvalue weighted by Gasteiger charge is 2.83. The second kappa shape index (κ2) is 4.61. The van der Waals surface area contributed by atoms with Crippen LogP contribution in [0, 0.1) is 11.8 Å². The molecule has 6 nitrogen and oxygen atoms in total. The molecule has 2 N–H and O–H groups in total. The second-order valence-electron chi connectivity index (χ2n) is 8.63. The minimum Gasteiger partial charge on any atom is -0.461 e.